The van der Waals surface area contributed by atoms with Crippen molar-refractivity contribution in [1.82, 2.24) is 14.5 Å². The number of anilines is 1. The minimum atomic E-state index is -1.11. The smallest absolute Gasteiger partial charge is 0.144 e. The van der Waals surface area contributed by atoms with E-state index in [1.807, 2.05) is 17.8 Å². The molecular weight excluding hydrogens is 410 g/mol. The van der Waals surface area contributed by atoms with Crippen LogP contribution in [0.4, 0.5) is 5.69 Å². The van der Waals surface area contributed by atoms with E-state index in [-0.39, 0.29) is 5.54 Å². The average molecular weight is 444 g/mol. The Morgan fingerprint density at radius 3 is 2.80 bits per heavy atom. The largest absolute Gasteiger partial charge is 0.369 e. The number of nitrogens with two attached hydrogens (primary N) is 1. The van der Waals surface area contributed by atoms with Gasteiger partial charge in [0.15, 0.2) is 0 Å². The summed E-state index contributed by atoms with van der Waals surface area (Å²) in [7, 11) is -1.11. The number of aromatic nitrogens is 3. The minimum Gasteiger partial charge on any atom is -0.369 e. The van der Waals surface area contributed by atoms with Crippen molar-refractivity contribution in [3.05, 3.63) is 30.0 Å². The molecule has 0 amide bonds. The molecule has 4 rings (SSSR count). The number of nitrogens with zero attached hydrogens (tertiary/aromatic N) is 4. The third-order valence-electron chi connectivity index (χ3n) is 5.69. The van der Waals surface area contributed by atoms with Crippen LogP contribution in [-0.4, -0.2) is 47.8 Å². The van der Waals surface area contributed by atoms with Crippen LogP contribution < -0.4 is 10.6 Å². The SMILES string of the molecule is CC1(N)CCCN(c2ccnc3c2c(-c2nccs2)cn3COCC[Si](C)(C)C)C1. The lowest BCUT2D eigenvalue weighted by atomic mass is 9.92. The molecule has 162 valence electrons. The summed E-state index contributed by atoms with van der Waals surface area (Å²) in [6, 6.07) is 3.28. The quantitative estimate of drug-likeness (QED) is 0.420. The molecule has 1 aliphatic heterocycles. The third kappa shape index (κ3) is 4.77. The lowest BCUT2D eigenvalue weighted by Crippen LogP contribution is -2.52. The summed E-state index contributed by atoms with van der Waals surface area (Å²) < 4.78 is 8.19. The second-order valence-electron chi connectivity index (χ2n) is 9.91. The summed E-state index contributed by atoms with van der Waals surface area (Å²) in [6.45, 7) is 12.4. The van der Waals surface area contributed by atoms with Crippen LogP contribution >= 0.6 is 11.3 Å². The molecule has 0 spiro atoms. The zero-order valence-corrected chi connectivity index (χ0v) is 20.3. The topological polar surface area (TPSA) is 69.2 Å². The lowest BCUT2D eigenvalue weighted by Gasteiger charge is -2.39. The minimum absolute atomic E-state index is 0.169. The predicted molar refractivity (Wildman–Crippen MR) is 129 cm³/mol. The van der Waals surface area contributed by atoms with Crippen LogP contribution in [0.5, 0.6) is 0 Å². The summed E-state index contributed by atoms with van der Waals surface area (Å²) in [4.78, 5) is 11.8. The Balaban J connectivity index is 1.70. The van der Waals surface area contributed by atoms with Crippen molar-refractivity contribution in [3.63, 3.8) is 0 Å². The number of piperidine rings is 1. The highest BCUT2D eigenvalue weighted by Crippen LogP contribution is 2.38. The van der Waals surface area contributed by atoms with Crippen LogP contribution in [-0.2, 0) is 11.5 Å². The fourth-order valence-corrected chi connectivity index (χ4v) is 5.50. The highest BCUT2D eigenvalue weighted by Gasteiger charge is 2.29. The summed E-state index contributed by atoms with van der Waals surface area (Å²) in [5.74, 6) is 0. The highest BCUT2D eigenvalue weighted by molar-refractivity contribution is 7.13. The van der Waals surface area contributed by atoms with Crippen molar-refractivity contribution in [1.29, 1.82) is 0 Å². The molecule has 1 atom stereocenters. The van der Waals surface area contributed by atoms with Crippen molar-refractivity contribution in [2.75, 3.05) is 24.6 Å². The third-order valence-corrected chi connectivity index (χ3v) is 8.20. The van der Waals surface area contributed by atoms with Crippen LogP contribution in [0, 0.1) is 0 Å². The molecule has 0 aliphatic carbocycles. The van der Waals surface area contributed by atoms with E-state index in [9.17, 15) is 0 Å². The van der Waals surface area contributed by atoms with Gasteiger partial charge in [-0.25, -0.2) is 9.97 Å². The van der Waals surface area contributed by atoms with Crippen LogP contribution in [0.15, 0.2) is 30.0 Å². The molecule has 8 heteroatoms. The van der Waals surface area contributed by atoms with E-state index in [1.165, 1.54) is 5.69 Å². The fraction of sp³-hybridized carbons (Fsp3) is 0.545. The molecule has 6 nitrogen and oxygen atoms in total. The van der Waals surface area contributed by atoms with E-state index in [0.717, 1.165) is 60.2 Å². The maximum absolute atomic E-state index is 6.51. The summed E-state index contributed by atoms with van der Waals surface area (Å²) >= 11 is 1.66. The Hall–Kier alpha value is -1.74. The van der Waals surface area contributed by atoms with E-state index >= 15 is 0 Å². The van der Waals surface area contributed by atoms with Crippen LogP contribution in [0.3, 0.4) is 0 Å². The summed E-state index contributed by atoms with van der Waals surface area (Å²) in [5.41, 5.74) is 9.62. The molecule has 0 radical (unpaired) electrons. The number of hydrogen-bond donors (Lipinski definition) is 1. The van der Waals surface area contributed by atoms with Crippen molar-refractivity contribution >= 4 is 36.1 Å². The molecule has 0 saturated carbocycles. The van der Waals surface area contributed by atoms with Crippen molar-refractivity contribution < 1.29 is 4.74 Å². The van der Waals surface area contributed by atoms with Gasteiger partial charge in [-0.3, -0.25) is 0 Å². The Labute approximate surface area is 184 Å². The van der Waals surface area contributed by atoms with Gasteiger partial charge >= 0.3 is 0 Å². The lowest BCUT2D eigenvalue weighted by molar-refractivity contribution is 0.0899. The van der Waals surface area contributed by atoms with Gasteiger partial charge in [-0.15, -0.1) is 11.3 Å². The van der Waals surface area contributed by atoms with Crippen LogP contribution in [0.1, 0.15) is 19.8 Å². The molecular formula is C22H33N5OSSi. The maximum Gasteiger partial charge on any atom is 0.144 e. The maximum atomic E-state index is 6.51. The molecule has 3 aromatic heterocycles. The first-order valence-electron chi connectivity index (χ1n) is 10.7. The molecule has 1 unspecified atom stereocenters. The van der Waals surface area contributed by atoms with Crippen LogP contribution in [0.25, 0.3) is 21.6 Å². The number of ether oxygens (including phenoxy) is 1. The van der Waals surface area contributed by atoms with Gasteiger partial charge in [-0.2, -0.15) is 0 Å². The Kier molecular flexibility index (Phi) is 6.03. The first kappa shape index (κ1) is 21.5. The Morgan fingerprint density at radius 2 is 2.10 bits per heavy atom. The average Bonchev–Trinajstić information content (AvgIpc) is 3.31. The van der Waals surface area contributed by atoms with Gasteiger partial charge in [0, 0.05) is 62.8 Å². The highest BCUT2D eigenvalue weighted by atomic mass is 32.1. The molecule has 4 heterocycles. The molecule has 1 fully saturated rings. The number of thiazole rings is 1. The van der Waals surface area contributed by atoms with E-state index in [4.69, 9.17) is 15.5 Å². The normalized spacial score (nSPS) is 20.2. The Bertz CT molecular complexity index is 993. The standard InChI is InChI=1S/C22H33N5OSSi/c1-22(23)7-5-10-26(15-22)18-6-8-24-20-19(18)17(21-25-9-12-29-21)14-27(20)16-28-11-13-30(2,3)4/h6,8-9,12,14H,5,7,10-11,13,15-16,23H2,1-4H3. The number of fused-ring (bicyclic) bond motifs is 1. The number of rotatable bonds is 7. The first-order valence-corrected chi connectivity index (χ1v) is 15.3. The van der Waals surface area contributed by atoms with E-state index < -0.39 is 8.07 Å². The predicted octanol–water partition coefficient (Wildman–Crippen LogP) is 4.79. The fourth-order valence-electron chi connectivity index (χ4n) is 4.09. The van der Waals surface area contributed by atoms with Gasteiger partial charge in [-0.1, -0.05) is 19.6 Å². The van der Waals surface area contributed by atoms with Gasteiger partial charge in [0.25, 0.3) is 0 Å². The van der Waals surface area contributed by atoms with E-state index in [1.54, 1.807) is 11.3 Å². The number of hydrogen-bond acceptors (Lipinski definition) is 6. The molecule has 2 N–H and O–H groups in total. The van der Waals surface area contributed by atoms with Crippen molar-refractivity contribution in [2.45, 2.75) is 57.7 Å². The molecule has 1 saturated heterocycles. The summed E-state index contributed by atoms with van der Waals surface area (Å²) in [5, 5.41) is 4.19. The molecule has 3 aromatic rings. The Morgan fingerprint density at radius 1 is 1.27 bits per heavy atom. The zero-order chi connectivity index (χ0) is 21.4. The van der Waals surface area contributed by atoms with E-state index in [2.05, 4.69) is 53.3 Å². The monoisotopic (exact) mass is 443 g/mol. The van der Waals surface area contributed by atoms with Gasteiger partial charge < -0.3 is 19.9 Å². The second kappa shape index (κ2) is 8.41. The van der Waals surface area contributed by atoms with Crippen molar-refractivity contribution in [3.8, 4) is 10.6 Å². The van der Waals surface area contributed by atoms with E-state index in [0.29, 0.717) is 6.73 Å². The van der Waals surface area contributed by atoms with Gasteiger partial charge in [0.2, 0.25) is 0 Å². The molecule has 0 bridgehead atoms. The summed E-state index contributed by atoms with van der Waals surface area (Å²) in [6.07, 6.45) is 8.08. The van der Waals surface area contributed by atoms with Crippen molar-refractivity contribution in [2.24, 2.45) is 5.73 Å². The first-order chi connectivity index (χ1) is 14.2. The van der Waals surface area contributed by atoms with Crippen LogP contribution in [0.2, 0.25) is 25.7 Å². The second-order valence-corrected chi connectivity index (χ2v) is 16.4. The molecule has 30 heavy (non-hydrogen) atoms. The number of pyridine rings is 1. The van der Waals surface area contributed by atoms with Gasteiger partial charge in [0.1, 0.15) is 17.4 Å². The molecule has 0 aromatic carbocycles. The van der Waals surface area contributed by atoms with Gasteiger partial charge in [-0.05, 0) is 31.9 Å². The zero-order valence-electron chi connectivity index (χ0n) is 18.5. The molecule has 1 aliphatic rings. The van der Waals surface area contributed by atoms with Gasteiger partial charge in [0.05, 0.1) is 11.1 Å².